The molecule has 3 aliphatic heterocycles. The van der Waals surface area contributed by atoms with E-state index in [1.807, 2.05) is 24.3 Å². The number of hydrogen-bond acceptors (Lipinski definition) is 4. The van der Waals surface area contributed by atoms with Crippen LogP contribution in [0.15, 0.2) is 24.3 Å². The number of methoxy groups -OCH3 is 1. The molecule has 3 aliphatic rings. The van der Waals surface area contributed by atoms with E-state index in [2.05, 4.69) is 5.32 Å². The highest BCUT2D eigenvalue weighted by atomic mass is 16.5. The van der Waals surface area contributed by atoms with Gasteiger partial charge < -0.3 is 19.9 Å². The molecule has 1 aromatic rings. The number of benzene rings is 1. The molecule has 3 atom stereocenters. The quantitative estimate of drug-likeness (QED) is 0.886. The van der Waals surface area contributed by atoms with Gasteiger partial charge in [-0.1, -0.05) is 18.2 Å². The van der Waals surface area contributed by atoms with Gasteiger partial charge in [0.15, 0.2) is 0 Å². The summed E-state index contributed by atoms with van der Waals surface area (Å²) in [4.78, 5) is 28.9. The number of hydrogen-bond donors (Lipinski definition) is 1. The van der Waals surface area contributed by atoms with Crippen molar-refractivity contribution in [3.8, 4) is 5.75 Å². The van der Waals surface area contributed by atoms with Gasteiger partial charge in [0.2, 0.25) is 11.8 Å². The summed E-state index contributed by atoms with van der Waals surface area (Å²) in [6.07, 6.45) is 2.45. The molecule has 0 aliphatic carbocycles. The number of rotatable bonds is 4. The van der Waals surface area contributed by atoms with Crippen molar-refractivity contribution in [1.82, 2.24) is 15.1 Å². The third-order valence-electron chi connectivity index (χ3n) is 5.46. The van der Waals surface area contributed by atoms with Gasteiger partial charge >= 0.3 is 0 Å². The molecular weight excluding hydrogens is 306 g/mol. The summed E-state index contributed by atoms with van der Waals surface area (Å²) < 4.78 is 5.37. The lowest BCUT2D eigenvalue weighted by Crippen LogP contribution is -2.60. The van der Waals surface area contributed by atoms with Gasteiger partial charge in [-0.15, -0.1) is 0 Å². The van der Waals surface area contributed by atoms with Crippen LogP contribution in [0, 0.1) is 0 Å². The number of amides is 2. The summed E-state index contributed by atoms with van der Waals surface area (Å²) in [5.41, 5.74) is 1.09. The number of para-hydroxylation sites is 1. The molecule has 4 rings (SSSR count). The molecular formula is C18H23N3O3. The highest BCUT2D eigenvalue weighted by molar-refractivity contribution is 5.98. The molecule has 1 N–H and O–H groups in total. The Morgan fingerprint density at radius 3 is 2.79 bits per heavy atom. The maximum atomic E-state index is 12.6. The highest BCUT2D eigenvalue weighted by Crippen LogP contribution is 2.32. The Hall–Kier alpha value is -2.08. The van der Waals surface area contributed by atoms with Crippen molar-refractivity contribution in [1.29, 1.82) is 0 Å². The Morgan fingerprint density at radius 1 is 1.17 bits per heavy atom. The number of carbonyl (C=O) groups excluding carboxylic acids is 2. The van der Waals surface area contributed by atoms with Crippen LogP contribution in [0.2, 0.25) is 0 Å². The topological polar surface area (TPSA) is 61.9 Å². The molecule has 0 unspecified atom stereocenters. The van der Waals surface area contributed by atoms with Crippen molar-refractivity contribution in [2.45, 2.75) is 43.9 Å². The molecule has 3 fully saturated rings. The average molecular weight is 329 g/mol. The van der Waals surface area contributed by atoms with Crippen LogP contribution in [0.1, 0.15) is 24.8 Å². The molecule has 0 spiro atoms. The van der Waals surface area contributed by atoms with Crippen molar-refractivity contribution < 1.29 is 14.3 Å². The lowest BCUT2D eigenvalue weighted by molar-refractivity contribution is -0.156. The Labute approximate surface area is 141 Å². The second-order valence-corrected chi connectivity index (χ2v) is 6.82. The van der Waals surface area contributed by atoms with Gasteiger partial charge in [-0.25, -0.2) is 0 Å². The molecule has 2 amide bonds. The van der Waals surface area contributed by atoms with Crippen LogP contribution in [0.3, 0.4) is 0 Å². The largest absolute Gasteiger partial charge is 0.496 e. The number of piperazine rings is 1. The van der Waals surface area contributed by atoms with Gasteiger partial charge in [-0.3, -0.25) is 9.59 Å². The number of nitrogens with zero attached hydrogens (tertiary/aromatic N) is 2. The molecule has 1 aromatic carbocycles. The van der Waals surface area contributed by atoms with Gasteiger partial charge in [0.1, 0.15) is 17.8 Å². The van der Waals surface area contributed by atoms with E-state index in [0.717, 1.165) is 30.7 Å². The molecule has 3 heterocycles. The second-order valence-electron chi connectivity index (χ2n) is 6.82. The zero-order valence-electron chi connectivity index (χ0n) is 13.9. The maximum Gasteiger partial charge on any atom is 0.246 e. The minimum Gasteiger partial charge on any atom is -0.496 e. The van der Waals surface area contributed by atoms with Crippen LogP contribution >= 0.6 is 0 Å². The third-order valence-corrected chi connectivity index (χ3v) is 5.46. The Morgan fingerprint density at radius 2 is 1.96 bits per heavy atom. The van der Waals surface area contributed by atoms with E-state index < -0.39 is 0 Å². The van der Waals surface area contributed by atoms with E-state index in [-0.39, 0.29) is 29.9 Å². The summed E-state index contributed by atoms with van der Waals surface area (Å²) in [5.74, 6) is 1.13. The van der Waals surface area contributed by atoms with E-state index in [0.29, 0.717) is 19.5 Å². The van der Waals surface area contributed by atoms with Crippen molar-refractivity contribution >= 4 is 11.8 Å². The minimum absolute atomic E-state index is 0.138. The molecule has 128 valence electrons. The van der Waals surface area contributed by atoms with Gasteiger partial charge in [0, 0.05) is 31.2 Å². The van der Waals surface area contributed by atoms with E-state index in [9.17, 15) is 9.59 Å². The maximum absolute atomic E-state index is 12.6. The molecule has 6 nitrogen and oxygen atoms in total. The number of ether oxygens (including phenoxy) is 1. The van der Waals surface area contributed by atoms with Crippen molar-refractivity contribution in [2.24, 2.45) is 0 Å². The van der Waals surface area contributed by atoms with Crippen molar-refractivity contribution in [3.63, 3.8) is 0 Å². The van der Waals surface area contributed by atoms with Crippen LogP contribution in [-0.2, 0) is 16.1 Å². The second kappa shape index (κ2) is 6.09. The summed E-state index contributed by atoms with van der Waals surface area (Å²) in [5, 5.41) is 3.49. The molecule has 6 heteroatoms. The first kappa shape index (κ1) is 15.4. The summed E-state index contributed by atoms with van der Waals surface area (Å²) >= 11 is 0. The fourth-order valence-corrected chi connectivity index (χ4v) is 4.23. The van der Waals surface area contributed by atoms with Gasteiger partial charge in [0.25, 0.3) is 0 Å². The Bertz CT molecular complexity index is 633. The van der Waals surface area contributed by atoms with Crippen LogP contribution in [0.25, 0.3) is 0 Å². The van der Waals surface area contributed by atoms with Crippen LogP contribution in [0.5, 0.6) is 5.75 Å². The number of carbonyl (C=O) groups is 2. The lowest BCUT2D eigenvalue weighted by Gasteiger charge is -2.38. The molecule has 0 saturated carbocycles. The fraction of sp³-hybridized carbons (Fsp3) is 0.556. The molecule has 24 heavy (non-hydrogen) atoms. The molecule has 0 aromatic heterocycles. The Balaban J connectivity index is 1.43. The minimum atomic E-state index is -0.276. The van der Waals surface area contributed by atoms with Crippen LogP contribution in [-0.4, -0.2) is 59.9 Å². The Kier molecular flexibility index (Phi) is 3.92. The first-order valence-electron chi connectivity index (χ1n) is 8.65. The van der Waals surface area contributed by atoms with Crippen molar-refractivity contribution in [3.05, 3.63) is 29.8 Å². The molecule has 0 radical (unpaired) electrons. The SMILES string of the molecule is COc1ccccc1CN[C@H]1C[C@H]2C(=O)N3CCC[C@@H]3C(=O)N2C1. The standard InChI is InChI=1S/C18H23N3O3/c1-24-16-7-3-2-5-12(16)10-19-13-9-15-18(23)20-8-4-6-14(20)17(22)21(15)11-13/h2-3,5,7,13-15,19H,4,6,8-11H2,1H3/t13-,14+,15-/m0/s1. The van der Waals surface area contributed by atoms with E-state index >= 15 is 0 Å². The number of nitrogens with one attached hydrogen (secondary N) is 1. The molecule has 0 bridgehead atoms. The van der Waals surface area contributed by atoms with Crippen molar-refractivity contribution in [2.75, 3.05) is 20.2 Å². The van der Waals surface area contributed by atoms with Gasteiger partial charge in [-0.2, -0.15) is 0 Å². The normalized spacial score (nSPS) is 29.0. The average Bonchev–Trinajstić information content (AvgIpc) is 3.25. The van der Waals surface area contributed by atoms with E-state index in [4.69, 9.17) is 4.74 Å². The van der Waals surface area contributed by atoms with Crippen LogP contribution in [0.4, 0.5) is 0 Å². The van der Waals surface area contributed by atoms with Gasteiger partial charge in [0.05, 0.1) is 7.11 Å². The summed E-state index contributed by atoms with van der Waals surface area (Å²) in [6, 6.07) is 7.56. The van der Waals surface area contributed by atoms with E-state index in [1.54, 1.807) is 16.9 Å². The first-order valence-corrected chi connectivity index (χ1v) is 8.65. The summed E-state index contributed by atoms with van der Waals surface area (Å²) in [7, 11) is 1.67. The number of fused-ring (bicyclic) bond motifs is 2. The smallest absolute Gasteiger partial charge is 0.246 e. The predicted octanol–water partition coefficient (Wildman–Crippen LogP) is 0.759. The lowest BCUT2D eigenvalue weighted by atomic mass is 10.1. The fourth-order valence-electron chi connectivity index (χ4n) is 4.23. The van der Waals surface area contributed by atoms with Gasteiger partial charge in [-0.05, 0) is 25.3 Å². The zero-order chi connectivity index (χ0) is 16.7. The van der Waals surface area contributed by atoms with Crippen LogP contribution < -0.4 is 10.1 Å². The monoisotopic (exact) mass is 329 g/mol. The molecule has 3 saturated heterocycles. The summed E-state index contributed by atoms with van der Waals surface area (Å²) in [6.45, 7) is 2.03. The third kappa shape index (κ3) is 2.45. The first-order chi connectivity index (χ1) is 11.7. The zero-order valence-corrected chi connectivity index (χ0v) is 13.9. The van der Waals surface area contributed by atoms with E-state index in [1.165, 1.54) is 0 Å². The highest BCUT2D eigenvalue weighted by Gasteiger charge is 2.51. The predicted molar refractivity (Wildman–Crippen MR) is 88.5 cm³/mol.